The third-order valence-corrected chi connectivity index (χ3v) is 8.90. The number of hydrogen-bond donors (Lipinski definition) is 6. The molecule has 3 aromatic rings. The van der Waals surface area contributed by atoms with Crippen molar-refractivity contribution in [1.29, 1.82) is 0 Å². The molecule has 212 valence electrons. The van der Waals surface area contributed by atoms with E-state index in [1.54, 1.807) is 0 Å². The van der Waals surface area contributed by atoms with E-state index in [-0.39, 0.29) is 21.4 Å². The summed E-state index contributed by atoms with van der Waals surface area (Å²) >= 11 is 0. The molecule has 0 bridgehead atoms. The molecular weight excluding hydrogens is 608 g/mol. The normalized spacial score (nSPS) is 13.3. The lowest BCUT2D eigenvalue weighted by molar-refractivity contribution is 0.284. The molecule has 8 N–H and O–H groups in total. The first-order chi connectivity index (χ1) is 17.7. The summed E-state index contributed by atoms with van der Waals surface area (Å²) in [6.07, 6.45) is 0. The van der Waals surface area contributed by atoms with E-state index in [1.807, 2.05) is 0 Å². The van der Waals surface area contributed by atoms with Crippen LogP contribution in [-0.2, 0) is 44.7 Å². The Hall–Kier alpha value is -3.44. The summed E-state index contributed by atoms with van der Waals surface area (Å²) in [4.78, 5) is -2.21. The molecule has 0 spiro atoms. The van der Waals surface area contributed by atoms with Crippen molar-refractivity contribution in [3.05, 3.63) is 36.4 Å². The summed E-state index contributed by atoms with van der Waals surface area (Å²) in [6, 6.07) is 5.76. The van der Waals surface area contributed by atoms with Gasteiger partial charge in [0, 0.05) is 0 Å². The first-order valence-electron chi connectivity index (χ1n) is 9.91. The molecule has 0 aliphatic heterocycles. The highest BCUT2D eigenvalue weighted by Gasteiger charge is 2.26. The minimum absolute atomic E-state index is 0.0608. The number of nitrogens with zero attached hydrogens (tertiary/aromatic N) is 2. The number of aromatic hydroxyl groups is 1. The van der Waals surface area contributed by atoms with E-state index in [1.165, 1.54) is 0 Å². The van der Waals surface area contributed by atoms with Crippen molar-refractivity contribution in [2.45, 2.75) is 14.7 Å². The highest BCUT2D eigenvalue weighted by Crippen LogP contribution is 2.45. The smallest absolute Gasteiger partial charge is 0.397 e. The summed E-state index contributed by atoms with van der Waals surface area (Å²) in [5, 5.41) is 17.1. The largest absolute Gasteiger partial charge is 0.505 e. The molecule has 0 heterocycles. The molecule has 0 aliphatic carbocycles. The van der Waals surface area contributed by atoms with Crippen LogP contribution < -0.4 is 11.5 Å². The van der Waals surface area contributed by atoms with Gasteiger partial charge in [0.15, 0.2) is 9.84 Å². The summed E-state index contributed by atoms with van der Waals surface area (Å²) in [6.45, 7) is -0.856. The average molecular weight is 627 g/mol. The molecule has 39 heavy (non-hydrogen) atoms. The molecule has 21 heteroatoms. The Kier molecular flexibility index (Phi) is 7.93. The van der Waals surface area contributed by atoms with Crippen LogP contribution >= 0.6 is 0 Å². The van der Waals surface area contributed by atoms with Crippen LogP contribution in [0.4, 0.5) is 22.7 Å². The minimum Gasteiger partial charge on any atom is -0.505 e. The summed E-state index contributed by atoms with van der Waals surface area (Å²) in [7, 11) is -18.9. The van der Waals surface area contributed by atoms with E-state index in [2.05, 4.69) is 14.4 Å². The zero-order chi connectivity index (χ0) is 29.6. The lowest BCUT2D eigenvalue weighted by atomic mass is 10.1. The van der Waals surface area contributed by atoms with Gasteiger partial charge >= 0.3 is 10.4 Å². The van der Waals surface area contributed by atoms with Crippen molar-refractivity contribution < 1.29 is 56.6 Å². The van der Waals surface area contributed by atoms with E-state index in [9.17, 15) is 47.9 Å². The summed E-state index contributed by atoms with van der Waals surface area (Å²) in [5.74, 6) is -1.74. The molecule has 0 amide bonds. The molecule has 3 rings (SSSR count). The van der Waals surface area contributed by atoms with Crippen LogP contribution in [0.25, 0.3) is 10.8 Å². The van der Waals surface area contributed by atoms with Crippen molar-refractivity contribution in [2.24, 2.45) is 10.2 Å². The maximum atomic E-state index is 12.3. The number of nitrogens with two attached hydrogens (primary N) is 2. The van der Waals surface area contributed by atoms with Crippen LogP contribution in [0.5, 0.6) is 5.75 Å². The number of phenols is 1. The maximum absolute atomic E-state index is 12.3. The minimum atomic E-state index is -5.08. The second-order valence-corrected chi connectivity index (χ2v) is 13.6. The fourth-order valence-electron chi connectivity index (χ4n) is 3.24. The number of fused-ring (bicyclic) bond motifs is 1. The zero-order valence-corrected chi connectivity index (χ0v) is 22.3. The van der Waals surface area contributed by atoms with Gasteiger partial charge in [-0.1, -0.05) is 0 Å². The Morgan fingerprint density at radius 1 is 0.769 bits per heavy atom. The third kappa shape index (κ3) is 6.77. The SMILES string of the molecule is Nc1c(S(=O)(=O)O)cc2cc(S(=O)(=O)O)c(/N=N/c3ccc(S(=O)(=O)CCOS(=O)(=O)O)cc3)c(N)c2c1O. The number of phenolic OH excluding ortho intramolecular Hbond substituents is 1. The number of hydrogen-bond acceptors (Lipinski definition) is 14. The van der Waals surface area contributed by atoms with Crippen LogP contribution in [0.15, 0.2) is 61.3 Å². The van der Waals surface area contributed by atoms with Crippen LogP contribution in [0, 0.1) is 0 Å². The number of rotatable bonds is 9. The first-order valence-corrected chi connectivity index (χ1v) is 15.8. The molecule has 0 atom stereocenters. The van der Waals surface area contributed by atoms with E-state index >= 15 is 0 Å². The molecule has 0 unspecified atom stereocenters. The number of nitrogen functional groups attached to an aromatic ring is 2. The number of benzene rings is 3. The van der Waals surface area contributed by atoms with E-state index < -0.39 is 85.4 Å². The fraction of sp³-hybridized carbons (Fsp3) is 0.111. The van der Waals surface area contributed by atoms with Crippen LogP contribution in [-0.4, -0.2) is 64.8 Å². The molecule has 0 saturated carbocycles. The molecule has 3 aromatic carbocycles. The summed E-state index contributed by atoms with van der Waals surface area (Å²) in [5.41, 5.74) is 9.37. The predicted molar refractivity (Wildman–Crippen MR) is 134 cm³/mol. The number of anilines is 2. The van der Waals surface area contributed by atoms with Crippen molar-refractivity contribution in [3.8, 4) is 5.75 Å². The third-order valence-electron chi connectivity index (χ3n) is 4.98. The lowest BCUT2D eigenvalue weighted by Crippen LogP contribution is -2.15. The monoisotopic (exact) mass is 626 g/mol. The van der Waals surface area contributed by atoms with Crippen molar-refractivity contribution >= 4 is 74.0 Å². The predicted octanol–water partition coefficient (Wildman–Crippen LogP) is 1.21. The first kappa shape index (κ1) is 30.1. The van der Waals surface area contributed by atoms with Gasteiger partial charge in [-0.2, -0.15) is 30.4 Å². The average Bonchev–Trinajstić information content (AvgIpc) is 2.78. The molecule has 0 radical (unpaired) electrons. The standard InChI is InChI=1S/C18H18N4O13S4/c19-15-12(37(26,27)28)7-9-8-13(38(29,30)31)17(16(20)14(9)18(15)23)22-21-10-1-3-11(4-2-10)36(24,25)6-5-35-39(32,33)34/h1-4,7-8,23H,5-6,19-20H2,(H,26,27,28)(H,29,30,31)(H,32,33,34)/b22-21+. The van der Waals surface area contributed by atoms with Gasteiger partial charge in [-0.3, -0.25) is 13.7 Å². The maximum Gasteiger partial charge on any atom is 0.397 e. The molecule has 0 saturated heterocycles. The quantitative estimate of drug-likeness (QED) is 0.0841. The molecule has 0 fully saturated rings. The number of sulfone groups is 1. The molecule has 0 aliphatic rings. The Morgan fingerprint density at radius 2 is 1.31 bits per heavy atom. The van der Waals surface area contributed by atoms with E-state index in [0.717, 1.165) is 24.3 Å². The van der Waals surface area contributed by atoms with Gasteiger partial charge in [-0.15, -0.1) is 5.11 Å². The molecular formula is C18H18N4O13S4. The zero-order valence-electron chi connectivity index (χ0n) is 19.0. The van der Waals surface area contributed by atoms with E-state index in [0.29, 0.717) is 12.1 Å². The van der Waals surface area contributed by atoms with Crippen molar-refractivity contribution in [1.82, 2.24) is 0 Å². The second-order valence-electron chi connectivity index (χ2n) is 7.58. The fourth-order valence-corrected chi connectivity index (χ4v) is 6.05. The molecule has 0 aromatic heterocycles. The summed E-state index contributed by atoms with van der Waals surface area (Å²) < 4.78 is 124. The van der Waals surface area contributed by atoms with E-state index in [4.69, 9.17) is 16.0 Å². The van der Waals surface area contributed by atoms with Gasteiger partial charge < -0.3 is 16.6 Å². The van der Waals surface area contributed by atoms with Crippen LogP contribution in [0.3, 0.4) is 0 Å². The van der Waals surface area contributed by atoms with Gasteiger partial charge in [-0.05, 0) is 41.8 Å². The Balaban J connectivity index is 2.07. The van der Waals surface area contributed by atoms with Gasteiger partial charge in [0.05, 0.1) is 39.7 Å². The van der Waals surface area contributed by atoms with Crippen molar-refractivity contribution in [2.75, 3.05) is 23.8 Å². The number of azo groups is 1. The van der Waals surface area contributed by atoms with Gasteiger partial charge in [0.1, 0.15) is 21.2 Å². The van der Waals surface area contributed by atoms with Crippen molar-refractivity contribution in [3.63, 3.8) is 0 Å². The van der Waals surface area contributed by atoms with Crippen LogP contribution in [0.1, 0.15) is 0 Å². The van der Waals surface area contributed by atoms with Gasteiger partial charge in [-0.25, -0.2) is 12.6 Å². The Labute approximate surface area is 221 Å². The second kappa shape index (κ2) is 10.3. The van der Waals surface area contributed by atoms with Gasteiger partial charge in [0.2, 0.25) is 0 Å². The van der Waals surface area contributed by atoms with Crippen LogP contribution in [0.2, 0.25) is 0 Å². The highest BCUT2D eigenvalue weighted by atomic mass is 32.3. The van der Waals surface area contributed by atoms with Gasteiger partial charge in [0.25, 0.3) is 20.2 Å². The Morgan fingerprint density at radius 3 is 1.82 bits per heavy atom. The lowest BCUT2D eigenvalue weighted by Gasteiger charge is -2.14. The molecule has 17 nitrogen and oxygen atoms in total. The highest BCUT2D eigenvalue weighted by molar-refractivity contribution is 7.91. The Bertz CT molecular complexity index is 1940. The topological polar surface area (TPSA) is 303 Å².